The maximum absolute atomic E-state index is 12.6. The predicted octanol–water partition coefficient (Wildman–Crippen LogP) is 4.13. The summed E-state index contributed by atoms with van der Waals surface area (Å²) in [6.45, 7) is 4.31. The summed E-state index contributed by atoms with van der Waals surface area (Å²) in [4.78, 5) is 12.6. The van der Waals surface area contributed by atoms with Crippen LogP contribution in [0, 0.1) is 13.8 Å². The molecule has 0 aliphatic heterocycles. The van der Waals surface area contributed by atoms with Gasteiger partial charge in [-0.3, -0.25) is 4.79 Å². The van der Waals surface area contributed by atoms with Crippen LogP contribution in [0.3, 0.4) is 0 Å². The van der Waals surface area contributed by atoms with Crippen molar-refractivity contribution in [3.63, 3.8) is 0 Å². The molecule has 4 heteroatoms. The molecular formula is C17H17ClN2O. The number of hydrogen-bond donors (Lipinski definition) is 0. The van der Waals surface area contributed by atoms with Crippen LogP contribution in [0.4, 0.5) is 0 Å². The molecule has 0 bridgehead atoms. The van der Waals surface area contributed by atoms with Gasteiger partial charge in [-0.1, -0.05) is 17.7 Å². The van der Waals surface area contributed by atoms with Crippen LogP contribution in [0.1, 0.15) is 21.7 Å². The van der Waals surface area contributed by atoms with Crippen molar-refractivity contribution in [1.82, 2.24) is 9.13 Å². The van der Waals surface area contributed by atoms with E-state index in [0.29, 0.717) is 11.6 Å². The second-order valence-electron chi connectivity index (χ2n) is 5.38. The molecule has 2 heterocycles. The van der Waals surface area contributed by atoms with Crippen LogP contribution in [-0.2, 0) is 13.6 Å². The lowest BCUT2D eigenvalue weighted by molar-refractivity contribution is 0.0973. The SMILES string of the molecule is Cc1cc(C(=O)Cn2ccc3c(Cl)cccc32)c(C)n1C. The zero-order valence-corrected chi connectivity index (χ0v) is 13.1. The number of benzene rings is 1. The predicted molar refractivity (Wildman–Crippen MR) is 86.2 cm³/mol. The number of aromatic nitrogens is 2. The molecule has 0 amide bonds. The van der Waals surface area contributed by atoms with Gasteiger partial charge in [0.25, 0.3) is 0 Å². The van der Waals surface area contributed by atoms with Gasteiger partial charge < -0.3 is 9.13 Å². The smallest absolute Gasteiger partial charge is 0.184 e. The highest BCUT2D eigenvalue weighted by molar-refractivity contribution is 6.35. The van der Waals surface area contributed by atoms with Gasteiger partial charge in [0.2, 0.25) is 0 Å². The third kappa shape index (κ3) is 2.28. The van der Waals surface area contributed by atoms with Gasteiger partial charge >= 0.3 is 0 Å². The van der Waals surface area contributed by atoms with Crippen LogP contribution in [0.25, 0.3) is 10.9 Å². The van der Waals surface area contributed by atoms with Crippen molar-refractivity contribution in [2.45, 2.75) is 20.4 Å². The van der Waals surface area contributed by atoms with Crippen LogP contribution in [0.5, 0.6) is 0 Å². The second kappa shape index (κ2) is 5.08. The number of ketones is 1. The monoisotopic (exact) mass is 300 g/mol. The lowest BCUT2D eigenvalue weighted by atomic mass is 10.1. The van der Waals surface area contributed by atoms with E-state index in [2.05, 4.69) is 0 Å². The standard InChI is InChI=1S/C17H17ClN2O/c1-11-9-14(12(2)19(11)3)17(21)10-20-8-7-13-15(18)5-4-6-16(13)20/h4-9H,10H2,1-3H3. The Labute approximate surface area is 128 Å². The number of carbonyl (C=O) groups excluding carboxylic acids is 1. The summed E-state index contributed by atoms with van der Waals surface area (Å²) in [5, 5.41) is 1.69. The highest BCUT2D eigenvalue weighted by Crippen LogP contribution is 2.24. The van der Waals surface area contributed by atoms with Gasteiger partial charge in [-0.2, -0.15) is 0 Å². The Morgan fingerprint density at radius 3 is 2.67 bits per heavy atom. The highest BCUT2D eigenvalue weighted by Gasteiger charge is 2.15. The topological polar surface area (TPSA) is 26.9 Å². The normalized spacial score (nSPS) is 11.2. The minimum absolute atomic E-state index is 0.119. The summed E-state index contributed by atoms with van der Waals surface area (Å²) in [7, 11) is 1.98. The summed E-state index contributed by atoms with van der Waals surface area (Å²) in [6.07, 6.45) is 1.92. The quantitative estimate of drug-likeness (QED) is 0.668. The molecule has 0 N–H and O–H groups in total. The van der Waals surface area contributed by atoms with E-state index in [9.17, 15) is 4.79 Å². The van der Waals surface area contributed by atoms with Crippen LogP contribution < -0.4 is 0 Å². The van der Waals surface area contributed by atoms with E-state index >= 15 is 0 Å². The number of carbonyl (C=O) groups is 1. The first-order valence-electron chi connectivity index (χ1n) is 6.88. The van der Waals surface area contributed by atoms with Gasteiger partial charge in [-0.25, -0.2) is 0 Å². The van der Waals surface area contributed by atoms with E-state index in [1.165, 1.54) is 0 Å². The molecule has 0 unspecified atom stereocenters. The third-order valence-corrected chi connectivity index (χ3v) is 4.48. The molecule has 0 radical (unpaired) electrons. The molecular weight excluding hydrogens is 284 g/mol. The Hall–Kier alpha value is -2.00. The summed E-state index contributed by atoms with van der Waals surface area (Å²) in [5.74, 6) is 0.119. The molecule has 0 aliphatic carbocycles. The largest absolute Gasteiger partial charge is 0.351 e. The Balaban J connectivity index is 1.97. The van der Waals surface area contributed by atoms with Gasteiger partial charge in [0, 0.05) is 46.1 Å². The molecule has 2 aromatic heterocycles. The fourth-order valence-electron chi connectivity index (χ4n) is 2.70. The van der Waals surface area contributed by atoms with Gasteiger partial charge in [-0.15, -0.1) is 0 Å². The van der Waals surface area contributed by atoms with Crippen molar-refractivity contribution < 1.29 is 4.79 Å². The minimum Gasteiger partial charge on any atom is -0.351 e. The number of hydrogen-bond acceptors (Lipinski definition) is 1. The van der Waals surface area contributed by atoms with E-state index in [-0.39, 0.29) is 5.78 Å². The van der Waals surface area contributed by atoms with Crippen molar-refractivity contribution in [1.29, 1.82) is 0 Å². The lowest BCUT2D eigenvalue weighted by Gasteiger charge is -2.06. The Kier molecular flexibility index (Phi) is 3.38. The average molecular weight is 301 g/mol. The first kappa shape index (κ1) is 14.0. The number of aryl methyl sites for hydroxylation is 1. The van der Waals surface area contributed by atoms with E-state index in [1.807, 2.05) is 66.6 Å². The van der Waals surface area contributed by atoms with Crippen LogP contribution in [0.2, 0.25) is 5.02 Å². The second-order valence-corrected chi connectivity index (χ2v) is 5.79. The summed E-state index contributed by atoms with van der Waals surface area (Å²) in [5.41, 5.74) is 3.88. The average Bonchev–Trinajstić information content (AvgIpc) is 2.97. The molecule has 0 saturated heterocycles. The molecule has 0 saturated carbocycles. The number of Topliss-reactive ketones (excluding diaryl/α,β-unsaturated/α-hetero) is 1. The molecule has 0 atom stereocenters. The number of nitrogens with zero attached hydrogens (tertiary/aromatic N) is 2. The Morgan fingerprint density at radius 1 is 1.24 bits per heavy atom. The van der Waals surface area contributed by atoms with E-state index < -0.39 is 0 Å². The van der Waals surface area contributed by atoms with Gasteiger partial charge in [0.15, 0.2) is 5.78 Å². The number of fused-ring (bicyclic) bond motifs is 1. The fraction of sp³-hybridized carbons (Fsp3) is 0.235. The highest BCUT2D eigenvalue weighted by atomic mass is 35.5. The zero-order valence-electron chi connectivity index (χ0n) is 12.4. The summed E-state index contributed by atoms with van der Waals surface area (Å²) in [6, 6.07) is 9.66. The third-order valence-electron chi connectivity index (χ3n) is 4.15. The lowest BCUT2D eigenvalue weighted by Crippen LogP contribution is -2.10. The van der Waals surface area contributed by atoms with Crippen molar-refractivity contribution in [3.8, 4) is 0 Å². The Morgan fingerprint density at radius 2 is 2.00 bits per heavy atom. The number of halogens is 1. The molecule has 3 nitrogen and oxygen atoms in total. The van der Waals surface area contributed by atoms with E-state index in [0.717, 1.165) is 27.9 Å². The van der Waals surface area contributed by atoms with Crippen LogP contribution in [-0.4, -0.2) is 14.9 Å². The van der Waals surface area contributed by atoms with Crippen molar-refractivity contribution in [2.24, 2.45) is 7.05 Å². The van der Waals surface area contributed by atoms with Crippen LogP contribution in [0.15, 0.2) is 36.5 Å². The summed E-state index contributed by atoms with van der Waals surface area (Å²) < 4.78 is 3.99. The maximum Gasteiger partial charge on any atom is 0.184 e. The minimum atomic E-state index is 0.119. The first-order chi connectivity index (χ1) is 9.99. The van der Waals surface area contributed by atoms with Crippen molar-refractivity contribution in [2.75, 3.05) is 0 Å². The summed E-state index contributed by atoms with van der Waals surface area (Å²) >= 11 is 6.17. The molecule has 3 rings (SSSR count). The fourth-order valence-corrected chi connectivity index (χ4v) is 2.93. The van der Waals surface area contributed by atoms with Crippen molar-refractivity contribution in [3.05, 3.63) is 58.5 Å². The molecule has 21 heavy (non-hydrogen) atoms. The van der Waals surface area contributed by atoms with Gasteiger partial charge in [0.1, 0.15) is 0 Å². The molecule has 108 valence electrons. The number of rotatable bonds is 3. The molecule has 1 aromatic carbocycles. The first-order valence-corrected chi connectivity index (χ1v) is 7.26. The van der Waals surface area contributed by atoms with Crippen molar-refractivity contribution >= 4 is 28.3 Å². The van der Waals surface area contributed by atoms with Crippen LogP contribution >= 0.6 is 11.6 Å². The van der Waals surface area contributed by atoms with E-state index in [1.54, 1.807) is 0 Å². The molecule has 3 aromatic rings. The van der Waals surface area contributed by atoms with Gasteiger partial charge in [-0.05, 0) is 38.1 Å². The maximum atomic E-state index is 12.6. The van der Waals surface area contributed by atoms with E-state index in [4.69, 9.17) is 11.6 Å². The molecule has 0 aliphatic rings. The van der Waals surface area contributed by atoms with Gasteiger partial charge in [0.05, 0.1) is 6.54 Å². The Bertz CT molecular complexity index is 842. The molecule has 0 fully saturated rings. The zero-order chi connectivity index (χ0) is 15.1. The molecule has 0 spiro atoms.